The van der Waals surface area contributed by atoms with Gasteiger partial charge in [-0.2, -0.15) is 5.10 Å². The minimum absolute atomic E-state index is 0.305. The van der Waals surface area contributed by atoms with Gasteiger partial charge in [-0.15, -0.1) is 5.10 Å². The Morgan fingerprint density at radius 3 is 2.44 bits per heavy atom. The maximum absolute atomic E-state index is 5.79. The summed E-state index contributed by atoms with van der Waals surface area (Å²) in [4.78, 5) is 0.365. The minimum Gasteiger partial charge on any atom is -0.389 e. The molecule has 100 valence electrons. The Morgan fingerprint density at radius 1 is 1.33 bits per heavy atom. The van der Waals surface area contributed by atoms with Crippen LogP contribution in [0.25, 0.3) is 0 Å². The molecule has 0 aliphatic rings. The second-order valence-corrected chi connectivity index (χ2v) is 5.26. The van der Waals surface area contributed by atoms with Gasteiger partial charge in [-0.1, -0.05) is 32.5 Å². The lowest BCUT2D eigenvalue weighted by Gasteiger charge is -2.22. The van der Waals surface area contributed by atoms with Crippen molar-refractivity contribution < 1.29 is 0 Å². The highest BCUT2D eigenvalue weighted by molar-refractivity contribution is 7.80. The van der Waals surface area contributed by atoms with Gasteiger partial charge in [0, 0.05) is 6.04 Å². The second kappa shape index (κ2) is 6.09. The van der Waals surface area contributed by atoms with Gasteiger partial charge in [0.15, 0.2) is 5.82 Å². The van der Waals surface area contributed by atoms with Gasteiger partial charge >= 0.3 is 0 Å². The Bertz CT molecular complexity index is 445. The Hall–Kier alpha value is -1.23. The van der Waals surface area contributed by atoms with E-state index in [4.69, 9.17) is 18.0 Å². The highest BCUT2D eigenvalue weighted by Crippen LogP contribution is 2.21. The molecule has 0 saturated carbocycles. The molecule has 2 atom stereocenters. The van der Waals surface area contributed by atoms with Crippen LogP contribution in [0.4, 0.5) is 5.82 Å². The number of nitrogens with two attached hydrogens (primary N) is 1. The third-order valence-corrected chi connectivity index (χ3v) is 3.77. The number of thiocarbonyl (C=S) groups is 1. The van der Waals surface area contributed by atoms with Gasteiger partial charge in [-0.25, -0.2) is 0 Å². The molecule has 4 nitrogen and oxygen atoms in total. The number of anilines is 1. The molecule has 0 bridgehead atoms. The zero-order valence-corrected chi connectivity index (χ0v) is 12.6. The Balaban J connectivity index is 3.10. The average molecular weight is 266 g/mol. The molecule has 0 spiro atoms. The molecule has 2 unspecified atom stereocenters. The summed E-state index contributed by atoms with van der Waals surface area (Å²) in [6.45, 7) is 10.4. The van der Waals surface area contributed by atoms with Crippen LogP contribution in [0.1, 0.15) is 44.0 Å². The maximum Gasteiger partial charge on any atom is 0.159 e. The number of hydrogen-bond acceptors (Lipinski definition) is 4. The molecule has 3 N–H and O–H groups in total. The van der Waals surface area contributed by atoms with E-state index in [1.54, 1.807) is 0 Å². The van der Waals surface area contributed by atoms with Crippen molar-refractivity contribution in [3.05, 3.63) is 16.8 Å². The van der Waals surface area contributed by atoms with Gasteiger partial charge in [0.2, 0.25) is 0 Å². The van der Waals surface area contributed by atoms with Crippen molar-refractivity contribution in [3.63, 3.8) is 0 Å². The van der Waals surface area contributed by atoms with E-state index in [9.17, 15) is 0 Å². The van der Waals surface area contributed by atoms with Gasteiger partial charge in [-0.05, 0) is 32.3 Å². The molecule has 18 heavy (non-hydrogen) atoms. The zero-order valence-electron chi connectivity index (χ0n) is 11.7. The van der Waals surface area contributed by atoms with Crippen LogP contribution in [0, 0.1) is 19.8 Å². The first-order valence-corrected chi connectivity index (χ1v) is 6.69. The van der Waals surface area contributed by atoms with E-state index in [1.165, 1.54) is 0 Å². The van der Waals surface area contributed by atoms with Crippen LogP contribution in [0.3, 0.4) is 0 Å². The summed E-state index contributed by atoms with van der Waals surface area (Å²) in [6.07, 6.45) is 1.11. The maximum atomic E-state index is 5.79. The summed E-state index contributed by atoms with van der Waals surface area (Å²) in [5.74, 6) is 1.24. The van der Waals surface area contributed by atoms with Crippen LogP contribution in [0.5, 0.6) is 0 Å². The van der Waals surface area contributed by atoms with Crippen molar-refractivity contribution in [2.24, 2.45) is 11.7 Å². The fraction of sp³-hybridized carbons (Fsp3) is 0.615. The van der Waals surface area contributed by atoms with Crippen LogP contribution >= 0.6 is 12.2 Å². The largest absolute Gasteiger partial charge is 0.389 e. The van der Waals surface area contributed by atoms with Crippen molar-refractivity contribution in [1.82, 2.24) is 10.2 Å². The van der Waals surface area contributed by atoms with E-state index >= 15 is 0 Å². The molecule has 0 aromatic carbocycles. The van der Waals surface area contributed by atoms with Crippen molar-refractivity contribution in [1.29, 1.82) is 0 Å². The molecule has 0 saturated heterocycles. The van der Waals surface area contributed by atoms with Gasteiger partial charge in [-0.3, -0.25) is 0 Å². The Morgan fingerprint density at radius 2 is 1.94 bits per heavy atom. The molecule has 1 rings (SSSR count). The third kappa shape index (κ3) is 3.16. The van der Waals surface area contributed by atoms with Gasteiger partial charge in [0.05, 0.1) is 11.3 Å². The van der Waals surface area contributed by atoms with Gasteiger partial charge < -0.3 is 11.1 Å². The van der Waals surface area contributed by atoms with Gasteiger partial charge in [0.25, 0.3) is 0 Å². The quantitative estimate of drug-likeness (QED) is 0.802. The topological polar surface area (TPSA) is 63.8 Å². The fourth-order valence-electron chi connectivity index (χ4n) is 1.72. The molecular formula is C13H22N4S. The molecule has 0 radical (unpaired) electrons. The fourth-order valence-corrected chi connectivity index (χ4v) is 1.97. The predicted octanol–water partition coefficient (Wildman–Crippen LogP) is 2.57. The predicted molar refractivity (Wildman–Crippen MR) is 79.9 cm³/mol. The van der Waals surface area contributed by atoms with Crippen LogP contribution in [-0.2, 0) is 0 Å². The molecular weight excluding hydrogens is 244 g/mol. The monoisotopic (exact) mass is 266 g/mol. The average Bonchev–Trinajstić information content (AvgIpc) is 2.32. The molecule has 0 aliphatic carbocycles. The summed E-state index contributed by atoms with van der Waals surface area (Å²) < 4.78 is 0. The molecule has 0 aliphatic heterocycles. The first kappa shape index (κ1) is 14.8. The SMILES string of the molecule is CCC(C)C(C)Nc1nnc(C)c(C)c1C(N)=S. The number of nitrogens with one attached hydrogen (secondary N) is 1. The summed E-state index contributed by atoms with van der Waals surface area (Å²) in [5.41, 5.74) is 8.46. The van der Waals surface area contributed by atoms with Gasteiger partial charge in [0.1, 0.15) is 4.99 Å². The summed E-state index contributed by atoms with van der Waals surface area (Å²) in [5, 5.41) is 11.7. The Labute approximate surface area is 114 Å². The molecule has 1 aromatic heterocycles. The van der Waals surface area contributed by atoms with Crippen molar-refractivity contribution in [2.75, 3.05) is 5.32 Å². The van der Waals surface area contributed by atoms with E-state index in [2.05, 4.69) is 36.3 Å². The third-order valence-electron chi connectivity index (χ3n) is 3.56. The van der Waals surface area contributed by atoms with E-state index in [1.807, 2.05) is 13.8 Å². The highest BCUT2D eigenvalue weighted by atomic mass is 32.1. The van der Waals surface area contributed by atoms with E-state index in [0.29, 0.717) is 22.8 Å². The van der Waals surface area contributed by atoms with E-state index in [-0.39, 0.29) is 0 Å². The van der Waals surface area contributed by atoms with Crippen LogP contribution in [0.2, 0.25) is 0 Å². The minimum atomic E-state index is 0.305. The van der Waals surface area contributed by atoms with Crippen LogP contribution < -0.4 is 11.1 Å². The molecule has 0 fully saturated rings. The standard InChI is InChI=1S/C13H22N4S/c1-6-7(2)9(4)15-13-11(12(14)18)8(3)10(5)16-17-13/h7,9H,6H2,1-5H3,(H2,14,18)(H,15,17). The molecule has 5 heteroatoms. The molecule has 1 aromatic rings. The lowest BCUT2D eigenvalue weighted by atomic mass is 10.0. The summed E-state index contributed by atoms with van der Waals surface area (Å²) >= 11 is 5.11. The normalized spacial score (nSPS) is 14.1. The highest BCUT2D eigenvalue weighted by Gasteiger charge is 2.17. The van der Waals surface area contributed by atoms with Crippen molar-refractivity contribution in [2.45, 2.75) is 47.1 Å². The molecule has 1 heterocycles. The van der Waals surface area contributed by atoms with E-state index < -0.39 is 0 Å². The number of aromatic nitrogens is 2. The first-order valence-electron chi connectivity index (χ1n) is 6.28. The van der Waals surface area contributed by atoms with E-state index in [0.717, 1.165) is 23.2 Å². The summed E-state index contributed by atoms with van der Waals surface area (Å²) in [6, 6.07) is 0.305. The summed E-state index contributed by atoms with van der Waals surface area (Å²) in [7, 11) is 0. The lowest BCUT2D eigenvalue weighted by molar-refractivity contribution is 0.493. The smallest absolute Gasteiger partial charge is 0.159 e. The molecule has 0 amide bonds. The van der Waals surface area contributed by atoms with Crippen molar-refractivity contribution in [3.8, 4) is 0 Å². The number of rotatable bonds is 5. The van der Waals surface area contributed by atoms with Crippen LogP contribution in [0.15, 0.2) is 0 Å². The lowest BCUT2D eigenvalue weighted by Crippen LogP contribution is -2.27. The second-order valence-electron chi connectivity index (χ2n) is 4.82. The number of hydrogen-bond donors (Lipinski definition) is 2. The first-order chi connectivity index (χ1) is 8.38. The van der Waals surface area contributed by atoms with Crippen molar-refractivity contribution >= 4 is 23.0 Å². The van der Waals surface area contributed by atoms with Crippen LogP contribution in [-0.4, -0.2) is 21.2 Å². The number of aryl methyl sites for hydroxylation is 1. The number of nitrogens with zero attached hydrogens (tertiary/aromatic N) is 2. The Kier molecular flexibility index (Phi) is 5.02. The zero-order chi connectivity index (χ0) is 13.9.